The zero-order chi connectivity index (χ0) is 18.6. The normalized spacial score (nSPS) is 15.0. The van der Waals surface area contributed by atoms with Gasteiger partial charge in [-0.25, -0.2) is 8.42 Å². The molecule has 1 saturated heterocycles. The van der Waals surface area contributed by atoms with Crippen LogP contribution in [-0.4, -0.2) is 30.9 Å². The summed E-state index contributed by atoms with van der Waals surface area (Å²) in [6.07, 6.45) is 2.77. The molecule has 7 heteroatoms. The first kappa shape index (κ1) is 18.8. The van der Waals surface area contributed by atoms with Gasteiger partial charge in [0.1, 0.15) is 0 Å². The number of rotatable bonds is 5. The summed E-state index contributed by atoms with van der Waals surface area (Å²) in [4.78, 5) is 0.320. The minimum atomic E-state index is -3.38. The molecule has 2 aromatic carbocycles. The molecule has 0 aromatic heterocycles. The van der Waals surface area contributed by atoms with Crippen molar-refractivity contribution in [2.45, 2.75) is 31.1 Å². The highest BCUT2D eigenvalue weighted by Crippen LogP contribution is 2.22. The number of thiocarbonyl (C=S) groups is 1. The number of para-hydroxylation sites is 1. The van der Waals surface area contributed by atoms with Gasteiger partial charge < -0.3 is 10.6 Å². The molecule has 0 bridgehead atoms. The van der Waals surface area contributed by atoms with Gasteiger partial charge in [-0.2, -0.15) is 4.31 Å². The number of anilines is 2. The van der Waals surface area contributed by atoms with Crippen molar-refractivity contribution in [3.8, 4) is 0 Å². The first-order valence-electron chi connectivity index (χ1n) is 8.77. The van der Waals surface area contributed by atoms with Crippen molar-refractivity contribution in [2.24, 2.45) is 0 Å². The highest BCUT2D eigenvalue weighted by molar-refractivity contribution is 7.89. The third kappa shape index (κ3) is 4.23. The number of benzene rings is 2. The molecule has 2 N–H and O–H groups in total. The van der Waals surface area contributed by atoms with Crippen LogP contribution < -0.4 is 10.6 Å². The number of nitrogens with one attached hydrogen (secondary N) is 2. The van der Waals surface area contributed by atoms with Crippen molar-refractivity contribution in [1.82, 2.24) is 4.31 Å². The van der Waals surface area contributed by atoms with Gasteiger partial charge in [0.25, 0.3) is 0 Å². The summed E-state index contributed by atoms with van der Waals surface area (Å²) >= 11 is 5.37. The lowest BCUT2D eigenvalue weighted by molar-refractivity contribution is 0.477. The summed E-state index contributed by atoms with van der Waals surface area (Å²) in [5, 5.41) is 6.77. The monoisotopic (exact) mass is 389 g/mol. The minimum absolute atomic E-state index is 0.320. The molecule has 5 nitrogen and oxygen atoms in total. The second-order valence-electron chi connectivity index (χ2n) is 6.23. The summed E-state index contributed by atoms with van der Waals surface area (Å²) < 4.78 is 26.6. The lowest BCUT2D eigenvalue weighted by Crippen LogP contribution is -2.27. The Hall–Kier alpha value is -1.96. The molecule has 0 radical (unpaired) electrons. The van der Waals surface area contributed by atoms with Crippen LogP contribution in [0, 0.1) is 0 Å². The lowest BCUT2D eigenvalue weighted by Gasteiger charge is -2.16. The van der Waals surface area contributed by atoms with Gasteiger partial charge in [-0.15, -0.1) is 0 Å². The number of aryl methyl sites for hydroxylation is 1. The van der Waals surface area contributed by atoms with Crippen LogP contribution in [0.2, 0.25) is 0 Å². The molecule has 2 aromatic rings. The standard InChI is InChI=1S/C19H23N3O2S2/c1-2-15-7-3-4-8-18(15)21-19(25)20-16-9-11-17(12-10-16)26(23,24)22-13-5-6-14-22/h3-4,7-12H,2,5-6,13-14H2,1H3,(H2,20,21,25). The first-order chi connectivity index (χ1) is 12.5. The average molecular weight is 390 g/mol. The molecule has 138 valence electrons. The Morgan fingerprint density at radius 2 is 1.69 bits per heavy atom. The summed E-state index contributed by atoms with van der Waals surface area (Å²) in [6.45, 7) is 3.30. The molecule has 0 amide bonds. The van der Waals surface area contributed by atoms with Crippen molar-refractivity contribution in [1.29, 1.82) is 0 Å². The third-order valence-electron chi connectivity index (χ3n) is 4.46. The smallest absolute Gasteiger partial charge is 0.243 e. The van der Waals surface area contributed by atoms with Crippen LogP contribution in [0.25, 0.3) is 0 Å². The maximum Gasteiger partial charge on any atom is 0.243 e. The van der Waals surface area contributed by atoms with Crippen molar-refractivity contribution in [2.75, 3.05) is 23.7 Å². The highest BCUT2D eigenvalue weighted by atomic mass is 32.2. The van der Waals surface area contributed by atoms with Crippen LogP contribution in [0.1, 0.15) is 25.3 Å². The Morgan fingerprint density at radius 1 is 1.04 bits per heavy atom. The molecule has 1 heterocycles. The van der Waals surface area contributed by atoms with E-state index in [1.54, 1.807) is 28.6 Å². The van der Waals surface area contributed by atoms with Gasteiger partial charge in [0.2, 0.25) is 10.0 Å². The predicted octanol–water partition coefficient (Wildman–Crippen LogP) is 3.84. The Kier molecular flexibility index (Phi) is 5.90. The van der Waals surface area contributed by atoms with E-state index in [0.717, 1.165) is 30.6 Å². The Bertz CT molecular complexity index is 874. The molecule has 1 fully saturated rings. The van der Waals surface area contributed by atoms with E-state index in [-0.39, 0.29) is 0 Å². The molecule has 26 heavy (non-hydrogen) atoms. The Balaban J connectivity index is 1.66. The van der Waals surface area contributed by atoms with Gasteiger partial charge in [0.15, 0.2) is 5.11 Å². The van der Waals surface area contributed by atoms with Crippen LogP contribution in [0.3, 0.4) is 0 Å². The van der Waals surface area contributed by atoms with E-state index in [2.05, 4.69) is 23.6 Å². The predicted molar refractivity (Wildman–Crippen MR) is 110 cm³/mol. The number of hydrogen-bond acceptors (Lipinski definition) is 3. The number of hydrogen-bond donors (Lipinski definition) is 2. The Morgan fingerprint density at radius 3 is 2.35 bits per heavy atom. The fourth-order valence-corrected chi connectivity index (χ4v) is 4.77. The zero-order valence-corrected chi connectivity index (χ0v) is 16.4. The van der Waals surface area contributed by atoms with E-state index in [9.17, 15) is 8.42 Å². The fraction of sp³-hybridized carbons (Fsp3) is 0.316. The van der Waals surface area contributed by atoms with Crippen molar-refractivity contribution in [3.05, 3.63) is 54.1 Å². The van der Waals surface area contributed by atoms with Crippen LogP contribution in [0.5, 0.6) is 0 Å². The number of nitrogens with zero attached hydrogens (tertiary/aromatic N) is 1. The van der Waals surface area contributed by atoms with E-state index < -0.39 is 10.0 Å². The highest BCUT2D eigenvalue weighted by Gasteiger charge is 2.26. The van der Waals surface area contributed by atoms with Gasteiger partial charge >= 0.3 is 0 Å². The molecule has 0 atom stereocenters. The van der Waals surface area contributed by atoms with Gasteiger partial charge in [0.05, 0.1) is 4.90 Å². The van der Waals surface area contributed by atoms with Crippen molar-refractivity contribution in [3.63, 3.8) is 0 Å². The summed E-state index contributed by atoms with van der Waals surface area (Å²) in [6, 6.07) is 14.7. The number of sulfonamides is 1. The van der Waals surface area contributed by atoms with E-state index in [4.69, 9.17) is 12.2 Å². The second kappa shape index (κ2) is 8.16. The van der Waals surface area contributed by atoms with Crippen LogP contribution >= 0.6 is 12.2 Å². The maximum atomic E-state index is 12.5. The second-order valence-corrected chi connectivity index (χ2v) is 8.57. The van der Waals surface area contributed by atoms with E-state index in [1.165, 1.54) is 5.56 Å². The van der Waals surface area contributed by atoms with Gasteiger partial charge in [-0.1, -0.05) is 25.1 Å². The van der Waals surface area contributed by atoms with Gasteiger partial charge in [-0.05, 0) is 67.4 Å². The topological polar surface area (TPSA) is 61.4 Å². The summed E-state index contributed by atoms with van der Waals surface area (Å²) in [5.74, 6) is 0. The van der Waals surface area contributed by atoms with Gasteiger partial charge in [0, 0.05) is 24.5 Å². The molecule has 0 aliphatic carbocycles. The van der Waals surface area contributed by atoms with Crippen molar-refractivity contribution >= 4 is 38.7 Å². The SMILES string of the molecule is CCc1ccccc1NC(=S)Nc1ccc(S(=O)(=O)N2CCCC2)cc1. The Labute approximate surface area is 160 Å². The maximum absolute atomic E-state index is 12.5. The van der Waals surface area contributed by atoms with Crippen LogP contribution in [0.15, 0.2) is 53.4 Å². The first-order valence-corrected chi connectivity index (χ1v) is 10.6. The fourth-order valence-electron chi connectivity index (χ4n) is 3.02. The molecule has 0 unspecified atom stereocenters. The van der Waals surface area contributed by atoms with E-state index in [1.807, 2.05) is 18.2 Å². The molecular formula is C19H23N3O2S2. The van der Waals surface area contributed by atoms with E-state index >= 15 is 0 Å². The van der Waals surface area contributed by atoms with Crippen molar-refractivity contribution < 1.29 is 8.42 Å². The summed E-state index contributed by atoms with van der Waals surface area (Å²) in [7, 11) is -3.38. The largest absolute Gasteiger partial charge is 0.332 e. The molecule has 1 aliphatic rings. The summed E-state index contributed by atoms with van der Waals surface area (Å²) in [5.41, 5.74) is 2.90. The quantitative estimate of drug-likeness (QED) is 0.761. The van der Waals surface area contributed by atoms with Gasteiger partial charge in [-0.3, -0.25) is 0 Å². The van der Waals surface area contributed by atoms with Crippen LogP contribution in [-0.2, 0) is 16.4 Å². The van der Waals surface area contributed by atoms with Crippen LogP contribution in [0.4, 0.5) is 11.4 Å². The molecular weight excluding hydrogens is 366 g/mol. The molecule has 0 saturated carbocycles. The zero-order valence-electron chi connectivity index (χ0n) is 14.7. The molecule has 1 aliphatic heterocycles. The molecule has 0 spiro atoms. The lowest BCUT2D eigenvalue weighted by atomic mass is 10.1. The molecule has 3 rings (SSSR count). The average Bonchev–Trinajstić information content (AvgIpc) is 3.18. The van der Waals surface area contributed by atoms with E-state index in [0.29, 0.717) is 23.1 Å². The third-order valence-corrected chi connectivity index (χ3v) is 6.58. The minimum Gasteiger partial charge on any atom is -0.332 e.